The second-order valence-corrected chi connectivity index (χ2v) is 8.67. The van der Waals surface area contributed by atoms with Crippen molar-refractivity contribution in [2.45, 2.75) is 49.0 Å². The highest BCUT2D eigenvalue weighted by Crippen LogP contribution is 2.39. The fourth-order valence-electron chi connectivity index (χ4n) is 4.65. The van der Waals surface area contributed by atoms with Crippen LogP contribution in [0.4, 0.5) is 0 Å². The maximum atomic E-state index is 11.4. The Labute approximate surface area is 144 Å². The summed E-state index contributed by atoms with van der Waals surface area (Å²) in [6.07, 6.45) is 4.65. The van der Waals surface area contributed by atoms with Crippen LogP contribution in [0, 0.1) is 17.8 Å². The van der Waals surface area contributed by atoms with Crippen molar-refractivity contribution in [3.8, 4) is 0 Å². The summed E-state index contributed by atoms with van der Waals surface area (Å²) >= 11 is 3.55. The molecule has 1 saturated carbocycles. The lowest BCUT2D eigenvalue weighted by molar-refractivity contribution is -0.143. The van der Waals surface area contributed by atoms with E-state index in [1.807, 2.05) is 0 Å². The Morgan fingerprint density at radius 2 is 1.87 bits per heavy atom. The molecule has 0 radical (unpaired) electrons. The van der Waals surface area contributed by atoms with Crippen LogP contribution in [0.3, 0.4) is 0 Å². The van der Waals surface area contributed by atoms with Gasteiger partial charge in [-0.2, -0.15) is 0 Å². The molecule has 6 unspecified atom stereocenters. The van der Waals surface area contributed by atoms with E-state index in [-0.39, 0.29) is 10.9 Å². The predicted molar refractivity (Wildman–Crippen MR) is 88.7 cm³/mol. The molecule has 2 heterocycles. The predicted octanol–water partition coefficient (Wildman–Crippen LogP) is 1.39. The molecule has 1 aliphatic carbocycles. The molecule has 0 aromatic carbocycles. The molecular weight excluding hydrogens is 364 g/mol. The van der Waals surface area contributed by atoms with Gasteiger partial charge in [0.1, 0.15) is 12.1 Å². The van der Waals surface area contributed by atoms with Crippen molar-refractivity contribution in [3.05, 3.63) is 0 Å². The van der Waals surface area contributed by atoms with Gasteiger partial charge in [-0.1, -0.05) is 15.9 Å². The van der Waals surface area contributed by atoms with Crippen LogP contribution in [0.25, 0.3) is 0 Å². The van der Waals surface area contributed by atoms with Crippen LogP contribution < -0.4 is 5.32 Å². The molecule has 0 amide bonds. The minimum absolute atomic E-state index is 0.259. The molecule has 2 saturated heterocycles. The first-order chi connectivity index (χ1) is 10.9. The Bertz CT molecular complexity index is 475. The van der Waals surface area contributed by atoms with Gasteiger partial charge in [-0.05, 0) is 56.4 Å². The number of hydrogen-bond donors (Lipinski definition) is 3. The second-order valence-electron chi connectivity index (χ2n) is 7.37. The molecule has 3 rings (SSSR count). The number of nitrogens with zero attached hydrogens (tertiary/aromatic N) is 1. The zero-order valence-corrected chi connectivity index (χ0v) is 14.7. The topological polar surface area (TPSA) is 89.9 Å². The number of nitrogens with one attached hydrogen (secondary N) is 1. The Morgan fingerprint density at radius 1 is 1.09 bits per heavy atom. The van der Waals surface area contributed by atoms with E-state index in [0.29, 0.717) is 30.6 Å². The molecule has 0 aromatic rings. The van der Waals surface area contributed by atoms with Crippen molar-refractivity contribution < 1.29 is 19.8 Å². The van der Waals surface area contributed by atoms with E-state index < -0.39 is 18.0 Å². The van der Waals surface area contributed by atoms with E-state index in [2.05, 4.69) is 26.1 Å². The lowest BCUT2D eigenvalue weighted by atomic mass is 9.69. The van der Waals surface area contributed by atoms with Crippen molar-refractivity contribution in [1.29, 1.82) is 0 Å². The smallest absolute Gasteiger partial charge is 0.320 e. The Hall–Kier alpha value is -0.660. The summed E-state index contributed by atoms with van der Waals surface area (Å²) in [5.74, 6) is 0.0523. The summed E-state index contributed by atoms with van der Waals surface area (Å²) in [7, 11) is 0. The van der Waals surface area contributed by atoms with Crippen LogP contribution >= 0.6 is 15.9 Å². The van der Waals surface area contributed by atoms with E-state index in [4.69, 9.17) is 0 Å². The number of aliphatic carboxylic acids is 2. The normalized spacial score (nSPS) is 41.4. The molecule has 3 fully saturated rings. The van der Waals surface area contributed by atoms with E-state index in [0.717, 1.165) is 38.9 Å². The summed E-state index contributed by atoms with van der Waals surface area (Å²) in [5.41, 5.74) is 0. The van der Waals surface area contributed by atoms with Crippen LogP contribution in [0.2, 0.25) is 0 Å². The highest BCUT2D eigenvalue weighted by Gasteiger charge is 2.41. The number of carbonyl (C=O) groups is 2. The molecule has 23 heavy (non-hydrogen) atoms. The summed E-state index contributed by atoms with van der Waals surface area (Å²) in [5, 5.41) is 21.7. The quantitative estimate of drug-likeness (QED) is 0.630. The highest BCUT2D eigenvalue weighted by molar-refractivity contribution is 9.09. The summed E-state index contributed by atoms with van der Waals surface area (Å²) < 4.78 is 0. The monoisotopic (exact) mass is 388 g/mol. The fraction of sp³-hybridized carbons (Fsp3) is 0.875. The SMILES string of the molecule is O=C(O)C1CC2CC(CN3CC(Br)CC3C(=O)O)CCC2CN1. The minimum atomic E-state index is -0.752. The first-order valence-corrected chi connectivity index (χ1v) is 9.42. The fourth-order valence-corrected chi connectivity index (χ4v) is 5.38. The van der Waals surface area contributed by atoms with Gasteiger partial charge in [0.05, 0.1) is 0 Å². The molecular formula is C16H25BrN2O4. The van der Waals surface area contributed by atoms with Gasteiger partial charge in [0.25, 0.3) is 0 Å². The second kappa shape index (κ2) is 7.07. The number of rotatable bonds is 4. The molecule has 7 heteroatoms. The summed E-state index contributed by atoms with van der Waals surface area (Å²) in [6.45, 7) is 2.42. The van der Waals surface area contributed by atoms with Crippen molar-refractivity contribution in [2.24, 2.45) is 17.8 Å². The number of carboxylic acid groups (broad SMARTS) is 2. The Kier molecular flexibility index (Phi) is 5.28. The molecule has 0 spiro atoms. The first-order valence-electron chi connectivity index (χ1n) is 8.51. The zero-order chi connectivity index (χ0) is 16.6. The molecule has 3 aliphatic rings. The van der Waals surface area contributed by atoms with Crippen LogP contribution in [-0.2, 0) is 9.59 Å². The third-order valence-corrected chi connectivity index (χ3v) is 6.50. The molecule has 0 bridgehead atoms. The highest BCUT2D eigenvalue weighted by atomic mass is 79.9. The largest absolute Gasteiger partial charge is 0.480 e. The van der Waals surface area contributed by atoms with Gasteiger partial charge < -0.3 is 15.5 Å². The van der Waals surface area contributed by atoms with E-state index in [1.54, 1.807) is 0 Å². The molecule has 6 nitrogen and oxygen atoms in total. The number of halogens is 1. The zero-order valence-electron chi connectivity index (χ0n) is 13.2. The van der Waals surface area contributed by atoms with Gasteiger partial charge in [0.15, 0.2) is 0 Å². The van der Waals surface area contributed by atoms with Gasteiger partial charge in [-0.3, -0.25) is 14.5 Å². The number of piperidine rings is 1. The van der Waals surface area contributed by atoms with Gasteiger partial charge in [0.2, 0.25) is 0 Å². The van der Waals surface area contributed by atoms with Crippen molar-refractivity contribution in [2.75, 3.05) is 19.6 Å². The van der Waals surface area contributed by atoms with E-state index in [9.17, 15) is 19.8 Å². The third kappa shape index (κ3) is 3.88. The average Bonchev–Trinajstić information content (AvgIpc) is 2.87. The van der Waals surface area contributed by atoms with Crippen molar-refractivity contribution in [1.82, 2.24) is 10.2 Å². The average molecular weight is 389 g/mol. The molecule has 0 aromatic heterocycles. The van der Waals surface area contributed by atoms with Crippen LogP contribution in [0.5, 0.6) is 0 Å². The molecule has 6 atom stereocenters. The first kappa shape index (κ1) is 17.2. The maximum absolute atomic E-state index is 11.4. The summed E-state index contributed by atoms with van der Waals surface area (Å²) in [4.78, 5) is 25.0. The maximum Gasteiger partial charge on any atom is 0.320 e. The number of alkyl halides is 1. The van der Waals surface area contributed by atoms with E-state index in [1.165, 1.54) is 0 Å². The number of carboxylic acids is 2. The van der Waals surface area contributed by atoms with Crippen molar-refractivity contribution >= 4 is 27.9 Å². The van der Waals surface area contributed by atoms with Gasteiger partial charge in [-0.15, -0.1) is 0 Å². The summed E-state index contributed by atoms with van der Waals surface area (Å²) in [6, 6.07) is -0.794. The lowest BCUT2D eigenvalue weighted by Gasteiger charge is -2.42. The van der Waals surface area contributed by atoms with Crippen LogP contribution in [0.15, 0.2) is 0 Å². The van der Waals surface area contributed by atoms with Crippen LogP contribution in [-0.4, -0.2) is 63.6 Å². The number of likely N-dealkylation sites (tertiary alicyclic amines) is 1. The standard InChI is InChI=1S/C16H25BrN2O4/c17-12-5-14(16(22)23)19(8-12)7-9-1-2-10-6-18-13(15(20)21)4-11(10)3-9/h9-14,18H,1-8H2,(H,20,21)(H,22,23). The van der Waals surface area contributed by atoms with Gasteiger partial charge in [-0.25, -0.2) is 0 Å². The third-order valence-electron chi connectivity index (χ3n) is 5.84. The van der Waals surface area contributed by atoms with Crippen molar-refractivity contribution in [3.63, 3.8) is 0 Å². The Balaban J connectivity index is 1.57. The minimum Gasteiger partial charge on any atom is -0.480 e. The van der Waals surface area contributed by atoms with Gasteiger partial charge >= 0.3 is 11.9 Å². The Morgan fingerprint density at radius 3 is 2.57 bits per heavy atom. The lowest BCUT2D eigenvalue weighted by Crippen LogP contribution is -2.50. The molecule has 130 valence electrons. The number of hydrogen-bond acceptors (Lipinski definition) is 4. The van der Waals surface area contributed by atoms with E-state index >= 15 is 0 Å². The van der Waals surface area contributed by atoms with Gasteiger partial charge in [0, 0.05) is 17.9 Å². The number of fused-ring (bicyclic) bond motifs is 1. The van der Waals surface area contributed by atoms with Crippen LogP contribution in [0.1, 0.15) is 32.1 Å². The molecule has 3 N–H and O–H groups in total. The molecule has 2 aliphatic heterocycles.